The second kappa shape index (κ2) is 5.46. The summed E-state index contributed by atoms with van der Waals surface area (Å²) < 4.78 is 5.44. The lowest BCUT2D eigenvalue weighted by Gasteiger charge is -2.11. The molecule has 1 rings (SSSR count). The van der Waals surface area contributed by atoms with Crippen LogP contribution in [0.5, 0.6) is 5.75 Å². The molecule has 0 atom stereocenters. The third-order valence-corrected chi connectivity index (χ3v) is 2.05. The molecule has 0 unspecified atom stereocenters. The van der Waals surface area contributed by atoms with Gasteiger partial charge in [0.2, 0.25) is 0 Å². The first-order valence-corrected chi connectivity index (χ1v) is 5.02. The summed E-state index contributed by atoms with van der Waals surface area (Å²) in [5.74, 6) is 0.550. The molecular weight excluding hydrogens is 208 g/mol. The summed E-state index contributed by atoms with van der Waals surface area (Å²) >= 11 is 0. The van der Waals surface area contributed by atoms with E-state index in [1.54, 1.807) is 6.07 Å². The van der Waals surface area contributed by atoms with Crippen molar-refractivity contribution in [3.63, 3.8) is 0 Å². The Balaban J connectivity index is 2.69. The van der Waals surface area contributed by atoms with Gasteiger partial charge in [-0.25, -0.2) is 0 Å². The van der Waals surface area contributed by atoms with Crippen molar-refractivity contribution >= 4 is 5.69 Å². The van der Waals surface area contributed by atoms with Gasteiger partial charge >= 0.3 is 0 Å². The minimum Gasteiger partial charge on any atom is -0.492 e. The molecule has 1 aromatic rings. The van der Waals surface area contributed by atoms with Gasteiger partial charge in [-0.1, -0.05) is 0 Å². The van der Waals surface area contributed by atoms with Gasteiger partial charge in [0.1, 0.15) is 12.4 Å². The molecule has 0 aliphatic rings. The summed E-state index contributed by atoms with van der Waals surface area (Å²) in [7, 11) is 3.89. The maximum Gasteiger partial charge on any atom is 0.273 e. The Bertz CT molecular complexity index is 377. The SMILES string of the molecule is Cc1cc(OCCN(C)C)cc([N+](=O)[O-])c1. The van der Waals surface area contributed by atoms with Gasteiger partial charge in [-0.2, -0.15) is 0 Å². The van der Waals surface area contributed by atoms with Crippen molar-refractivity contribution in [1.29, 1.82) is 0 Å². The van der Waals surface area contributed by atoms with Crippen molar-refractivity contribution in [3.05, 3.63) is 33.9 Å². The highest BCUT2D eigenvalue weighted by atomic mass is 16.6. The van der Waals surface area contributed by atoms with Crippen LogP contribution in [0.3, 0.4) is 0 Å². The number of nitro benzene ring substituents is 1. The monoisotopic (exact) mass is 224 g/mol. The predicted octanol–water partition coefficient (Wildman–Crippen LogP) is 1.84. The maximum atomic E-state index is 10.6. The number of hydrogen-bond donors (Lipinski definition) is 0. The third-order valence-electron chi connectivity index (χ3n) is 2.05. The lowest BCUT2D eigenvalue weighted by Crippen LogP contribution is -2.19. The fraction of sp³-hybridized carbons (Fsp3) is 0.455. The molecule has 0 spiro atoms. The summed E-state index contributed by atoms with van der Waals surface area (Å²) in [6, 6.07) is 4.77. The van der Waals surface area contributed by atoms with Gasteiger partial charge in [0.25, 0.3) is 5.69 Å². The van der Waals surface area contributed by atoms with E-state index in [1.165, 1.54) is 12.1 Å². The molecule has 0 saturated heterocycles. The van der Waals surface area contributed by atoms with Gasteiger partial charge in [-0.3, -0.25) is 10.1 Å². The number of aryl methyl sites for hydroxylation is 1. The summed E-state index contributed by atoms with van der Waals surface area (Å²) in [4.78, 5) is 12.2. The molecule has 16 heavy (non-hydrogen) atoms. The van der Waals surface area contributed by atoms with Gasteiger partial charge in [0.15, 0.2) is 0 Å². The van der Waals surface area contributed by atoms with Crippen LogP contribution < -0.4 is 4.74 Å². The molecule has 0 bridgehead atoms. The number of hydrogen-bond acceptors (Lipinski definition) is 4. The predicted molar refractivity (Wildman–Crippen MR) is 61.9 cm³/mol. The maximum absolute atomic E-state index is 10.6. The first kappa shape index (κ1) is 12.4. The van der Waals surface area contributed by atoms with Gasteiger partial charge in [-0.15, -0.1) is 0 Å². The van der Waals surface area contributed by atoms with Crippen molar-refractivity contribution in [2.45, 2.75) is 6.92 Å². The van der Waals surface area contributed by atoms with Crippen molar-refractivity contribution < 1.29 is 9.66 Å². The molecule has 5 heteroatoms. The van der Waals surface area contributed by atoms with E-state index in [2.05, 4.69) is 0 Å². The van der Waals surface area contributed by atoms with E-state index in [0.717, 1.165) is 12.1 Å². The van der Waals surface area contributed by atoms with Crippen LogP contribution in [0.4, 0.5) is 5.69 Å². The molecule has 1 aromatic carbocycles. The summed E-state index contributed by atoms with van der Waals surface area (Å²) in [6.45, 7) is 3.11. The molecule has 0 radical (unpaired) electrons. The molecule has 0 aromatic heterocycles. The van der Waals surface area contributed by atoms with E-state index in [4.69, 9.17) is 4.74 Å². The largest absolute Gasteiger partial charge is 0.492 e. The third kappa shape index (κ3) is 3.86. The fourth-order valence-corrected chi connectivity index (χ4v) is 1.26. The lowest BCUT2D eigenvalue weighted by molar-refractivity contribution is -0.385. The van der Waals surface area contributed by atoms with Gasteiger partial charge < -0.3 is 9.64 Å². The number of nitrogens with zero attached hydrogens (tertiary/aromatic N) is 2. The van der Waals surface area contributed by atoms with Crippen molar-refractivity contribution in [1.82, 2.24) is 4.90 Å². The first-order valence-electron chi connectivity index (χ1n) is 5.02. The number of rotatable bonds is 5. The molecule has 0 N–H and O–H groups in total. The van der Waals surface area contributed by atoms with E-state index < -0.39 is 4.92 Å². The average molecular weight is 224 g/mol. The normalized spacial score (nSPS) is 10.5. The van der Waals surface area contributed by atoms with E-state index in [1.807, 2.05) is 25.9 Å². The molecule has 0 saturated carbocycles. The molecule has 0 aliphatic heterocycles. The minimum atomic E-state index is -0.411. The highest BCUT2D eigenvalue weighted by Crippen LogP contribution is 2.22. The van der Waals surface area contributed by atoms with Crippen LogP contribution in [0.2, 0.25) is 0 Å². The smallest absolute Gasteiger partial charge is 0.273 e. The van der Waals surface area contributed by atoms with E-state index >= 15 is 0 Å². The molecule has 0 fully saturated rings. The standard InChI is InChI=1S/C11H16N2O3/c1-9-6-10(13(14)15)8-11(7-9)16-5-4-12(2)3/h6-8H,4-5H2,1-3H3. The van der Waals surface area contributed by atoms with Crippen LogP contribution >= 0.6 is 0 Å². The zero-order valence-electron chi connectivity index (χ0n) is 9.77. The van der Waals surface area contributed by atoms with Crippen LogP contribution in [-0.2, 0) is 0 Å². The lowest BCUT2D eigenvalue weighted by atomic mass is 10.2. The van der Waals surface area contributed by atoms with E-state index in [9.17, 15) is 10.1 Å². The zero-order valence-corrected chi connectivity index (χ0v) is 9.77. The molecule has 0 amide bonds. The summed E-state index contributed by atoms with van der Waals surface area (Å²) in [5, 5.41) is 10.6. The van der Waals surface area contributed by atoms with Crippen LogP contribution in [0.15, 0.2) is 18.2 Å². The average Bonchev–Trinajstić information content (AvgIpc) is 2.16. The Labute approximate surface area is 94.8 Å². The Hall–Kier alpha value is -1.62. The Morgan fingerprint density at radius 3 is 2.62 bits per heavy atom. The van der Waals surface area contributed by atoms with Gasteiger partial charge in [-0.05, 0) is 32.6 Å². The molecular formula is C11H16N2O3. The molecule has 5 nitrogen and oxygen atoms in total. The van der Waals surface area contributed by atoms with Crippen LogP contribution in [0.1, 0.15) is 5.56 Å². The number of likely N-dealkylation sites (N-methyl/N-ethyl adjacent to an activating group) is 1. The highest BCUT2D eigenvalue weighted by Gasteiger charge is 2.08. The van der Waals surface area contributed by atoms with E-state index in [0.29, 0.717) is 12.4 Å². The van der Waals surface area contributed by atoms with Crippen LogP contribution in [-0.4, -0.2) is 37.1 Å². The number of non-ortho nitro benzene ring substituents is 1. The van der Waals surface area contributed by atoms with Crippen molar-refractivity contribution in [3.8, 4) is 5.75 Å². The quantitative estimate of drug-likeness (QED) is 0.565. The second-order valence-electron chi connectivity index (χ2n) is 3.91. The fourth-order valence-electron chi connectivity index (χ4n) is 1.26. The Morgan fingerprint density at radius 2 is 2.06 bits per heavy atom. The number of benzene rings is 1. The summed E-state index contributed by atoms with van der Waals surface area (Å²) in [5.41, 5.74) is 0.897. The number of nitro groups is 1. The zero-order chi connectivity index (χ0) is 12.1. The van der Waals surface area contributed by atoms with Gasteiger partial charge in [0.05, 0.1) is 11.0 Å². The first-order chi connectivity index (χ1) is 7.49. The van der Waals surface area contributed by atoms with Gasteiger partial charge in [0, 0.05) is 12.6 Å². The van der Waals surface area contributed by atoms with Crippen molar-refractivity contribution in [2.75, 3.05) is 27.2 Å². The number of ether oxygens (including phenoxy) is 1. The van der Waals surface area contributed by atoms with Crippen LogP contribution in [0, 0.1) is 17.0 Å². The van der Waals surface area contributed by atoms with E-state index in [-0.39, 0.29) is 5.69 Å². The molecule has 0 aliphatic carbocycles. The highest BCUT2D eigenvalue weighted by molar-refractivity contribution is 5.42. The van der Waals surface area contributed by atoms with Crippen molar-refractivity contribution in [2.24, 2.45) is 0 Å². The topological polar surface area (TPSA) is 55.6 Å². The molecule has 88 valence electrons. The Morgan fingerprint density at radius 1 is 1.38 bits per heavy atom. The second-order valence-corrected chi connectivity index (χ2v) is 3.91. The van der Waals surface area contributed by atoms with Crippen LogP contribution in [0.25, 0.3) is 0 Å². The Kier molecular flexibility index (Phi) is 4.25. The molecule has 0 heterocycles. The minimum absolute atomic E-state index is 0.0693. The summed E-state index contributed by atoms with van der Waals surface area (Å²) in [6.07, 6.45) is 0.